The van der Waals surface area contributed by atoms with Crippen molar-refractivity contribution in [1.29, 1.82) is 0 Å². The molecular formula is C37H45N5O2. The number of urea groups is 1. The van der Waals surface area contributed by atoms with E-state index in [2.05, 4.69) is 87.7 Å². The van der Waals surface area contributed by atoms with Crippen LogP contribution >= 0.6 is 0 Å². The lowest BCUT2D eigenvalue weighted by atomic mass is 9.93. The van der Waals surface area contributed by atoms with Gasteiger partial charge in [-0.05, 0) is 80.5 Å². The van der Waals surface area contributed by atoms with Crippen LogP contribution in [0.4, 0.5) is 16.2 Å². The fourth-order valence-corrected chi connectivity index (χ4v) is 5.68. The summed E-state index contributed by atoms with van der Waals surface area (Å²) in [6, 6.07) is 18.0. The molecule has 230 valence electrons. The molecule has 44 heavy (non-hydrogen) atoms. The van der Waals surface area contributed by atoms with Gasteiger partial charge in [0.05, 0.1) is 6.54 Å². The normalized spacial score (nSPS) is 11.5. The van der Waals surface area contributed by atoms with Crippen LogP contribution in [0.25, 0.3) is 22.2 Å². The van der Waals surface area contributed by atoms with Crippen molar-refractivity contribution in [3.8, 4) is 23.0 Å². The smallest absolute Gasteiger partial charge is 0.307 e. The molecule has 0 aliphatic rings. The van der Waals surface area contributed by atoms with Crippen LogP contribution in [-0.2, 0) is 7.05 Å². The molecule has 0 spiro atoms. The molecular weight excluding hydrogens is 546 g/mol. The van der Waals surface area contributed by atoms with Crippen molar-refractivity contribution < 1.29 is 4.79 Å². The maximum Gasteiger partial charge on any atom is 0.323 e. The molecule has 0 atom stereocenters. The summed E-state index contributed by atoms with van der Waals surface area (Å²) in [6.45, 7) is 17.8. The third kappa shape index (κ3) is 7.03. The van der Waals surface area contributed by atoms with E-state index >= 15 is 0 Å². The largest absolute Gasteiger partial charge is 0.323 e. The molecule has 7 nitrogen and oxygen atoms in total. The second kappa shape index (κ2) is 13.9. The van der Waals surface area contributed by atoms with Gasteiger partial charge in [0.1, 0.15) is 11.3 Å². The van der Waals surface area contributed by atoms with Crippen LogP contribution in [0.15, 0.2) is 65.6 Å². The number of carbonyl (C=O) groups excluding carboxylic acids is 1. The second-order valence-electron chi connectivity index (χ2n) is 12.4. The Morgan fingerprint density at radius 1 is 0.864 bits per heavy atom. The van der Waals surface area contributed by atoms with Crippen LogP contribution < -0.4 is 16.2 Å². The van der Waals surface area contributed by atoms with Gasteiger partial charge < -0.3 is 10.6 Å². The molecule has 2 heterocycles. The monoisotopic (exact) mass is 591 g/mol. The highest BCUT2D eigenvalue weighted by atomic mass is 16.2. The molecule has 2 aromatic heterocycles. The number of aromatic nitrogens is 2. The molecule has 2 aromatic carbocycles. The summed E-state index contributed by atoms with van der Waals surface area (Å²) in [6.07, 6.45) is 1.67. The molecule has 2 amide bonds. The first kappa shape index (κ1) is 32.5. The molecule has 0 radical (unpaired) electrons. The summed E-state index contributed by atoms with van der Waals surface area (Å²) >= 11 is 0. The van der Waals surface area contributed by atoms with Gasteiger partial charge >= 0.3 is 6.03 Å². The Bertz CT molecular complexity index is 1740. The summed E-state index contributed by atoms with van der Waals surface area (Å²) in [4.78, 5) is 34.3. The van der Waals surface area contributed by atoms with Crippen LogP contribution in [0.2, 0.25) is 0 Å². The summed E-state index contributed by atoms with van der Waals surface area (Å²) in [7, 11) is 1.67. The van der Waals surface area contributed by atoms with E-state index in [0.29, 0.717) is 29.8 Å². The number of aryl methyl sites for hydroxylation is 1. The minimum atomic E-state index is -0.472. The summed E-state index contributed by atoms with van der Waals surface area (Å²) in [5.41, 5.74) is 5.47. The molecule has 4 rings (SSSR count). The van der Waals surface area contributed by atoms with Crippen molar-refractivity contribution in [2.45, 2.75) is 79.3 Å². The first-order valence-electron chi connectivity index (χ1n) is 15.4. The number of para-hydroxylation sites is 1. The number of amides is 2. The Hall–Kier alpha value is -4.41. The van der Waals surface area contributed by atoms with Crippen LogP contribution in [-0.4, -0.2) is 39.1 Å². The van der Waals surface area contributed by atoms with Gasteiger partial charge in [0.15, 0.2) is 0 Å². The minimum absolute atomic E-state index is 0.189. The fourth-order valence-electron chi connectivity index (χ4n) is 5.68. The van der Waals surface area contributed by atoms with E-state index in [-0.39, 0.29) is 23.1 Å². The van der Waals surface area contributed by atoms with E-state index in [1.807, 2.05) is 54.6 Å². The number of anilines is 2. The third-order valence-electron chi connectivity index (χ3n) is 7.96. The Labute approximate surface area is 261 Å². The molecule has 7 heteroatoms. The van der Waals surface area contributed by atoms with Crippen molar-refractivity contribution in [2.75, 3.05) is 17.2 Å². The number of nitrogens with zero attached hydrogens (tertiary/aromatic N) is 3. The first-order chi connectivity index (χ1) is 20.9. The van der Waals surface area contributed by atoms with Crippen molar-refractivity contribution in [3.05, 3.63) is 87.8 Å². The number of nitrogens with one attached hydrogen (secondary N) is 2. The number of rotatable bonds is 8. The van der Waals surface area contributed by atoms with Crippen molar-refractivity contribution in [1.82, 2.24) is 14.5 Å². The Morgan fingerprint density at radius 3 is 2.09 bits per heavy atom. The van der Waals surface area contributed by atoms with Crippen LogP contribution in [0.3, 0.4) is 0 Å². The number of benzene rings is 2. The van der Waals surface area contributed by atoms with Crippen molar-refractivity contribution in [2.24, 2.45) is 7.05 Å². The molecule has 0 saturated heterocycles. The van der Waals surface area contributed by atoms with Gasteiger partial charge in [-0.3, -0.25) is 14.3 Å². The van der Waals surface area contributed by atoms with Gasteiger partial charge in [0.2, 0.25) is 0 Å². The number of carbonyl (C=O) groups is 1. The fraction of sp³-hybridized carbons (Fsp3) is 0.378. The van der Waals surface area contributed by atoms with E-state index in [1.54, 1.807) is 13.2 Å². The molecule has 0 aliphatic heterocycles. The highest BCUT2D eigenvalue weighted by molar-refractivity contribution is 6.07. The minimum Gasteiger partial charge on any atom is -0.307 e. The number of pyridine rings is 2. The average molecular weight is 592 g/mol. The van der Waals surface area contributed by atoms with Crippen LogP contribution in [0.1, 0.15) is 83.9 Å². The summed E-state index contributed by atoms with van der Waals surface area (Å²) in [5, 5.41) is 6.79. The van der Waals surface area contributed by atoms with Gasteiger partial charge in [-0.1, -0.05) is 69.9 Å². The van der Waals surface area contributed by atoms with E-state index in [4.69, 9.17) is 0 Å². The van der Waals surface area contributed by atoms with Gasteiger partial charge in [-0.15, -0.1) is 0 Å². The third-order valence-corrected chi connectivity index (χ3v) is 7.96. The van der Waals surface area contributed by atoms with E-state index in [9.17, 15) is 9.59 Å². The first-order valence-corrected chi connectivity index (χ1v) is 15.4. The van der Waals surface area contributed by atoms with E-state index in [0.717, 1.165) is 33.3 Å². The lowest BCUT2D eigenvalue weighted by molar-refractivity contribution is 0.200. The summed E-state index contributed by atoms with van der Waals surface area (Å²) in [5.74, 6) is 7.04. The molecule has 0 fully saturated rings. The van der Waals surface area contributed by atoms with Crippen LogP contribution in [0.5, 0.6) is 0 Å². The molecule has 0 bridgehead atoms. The van der Waals surface area contributed by atoms with Gasteiger partial charge in [-0.2, -0.15) is 0 Å². The summed E-state index contributed by atoms with van der Waals surface area (Å²) < 4.78 is 1.48. The van der Waals surface area contributed by atoms with Crippen LogP contribution in [0, 0.1) is 11.8 Å². The average Bonchev–Trinajstić information content (AvgIpc) is 2.97. The zero-order valence-electron chi connectivity index (χ0n) is 27.4. The number of hydrogen-bond donors (Lipinski definition) is 2. The number of hydrogen-bond acceptors (Lipinski definition) is 4. The highest BCUT2D eigenvalue weighted by Crippen LogP contribution is 2.35. The highest BCUT2D eigenvalue weighted by Gasteiger charge is 2.22. The van der Waals surface area contributed by atoms with Gasteiger partial charge in [0, 0.05) is 47.5 Å². The lowest BCUT2D eigenvalue weighted by Gasteiger charge is -2.28. The SMILES string of the molecule is CC(C)c1cccc(C(C)C)c1NC(=O)Nc1c(-c2cccc(C#CCN(C(C)C)C(C)C)c2)c2cccnc2n(C)c1=O. The molecule has 0 aliphatic carbocycles. The van der Waals surface area contributed by atoms with Gasteiger partial charge in [-0.25, -0.2) is 9.78 Å². The maximum absolute atomic E-state index is 13.8. The predicted molar refractivity (Wildman–Crippen MR) is 184 cm³/mol. The molecule has 0 saturated carbocycles. The molecule has 2 N–H and O–H groups in total. The Balaban J connectivity index is 1.80. The quantitative estimate of drug-likeness (QED) is 0.204. The zero-order chi connectivity index (χ0) is 32.1. The topological polar surface area (TPSA) is 79.3 Å². The lowest BCUT2D eigenvalue weighted by Crippen LogP contribution is -2.37. The molecule has 4 aromatic rings. The standard InChI is InChI=1S/C37H45N5O2/c1-23(2)29-17-11-18-30(24(3)4)33(29)39-37(44)40-34-32(31-19-12-20-38-35(31)41(9)36(34)43)28-16-10-14-27(22-28)15-13-21-42(25(5)6)26(7)8/h10-12,14,16-20,22-26H,21H2,1-9H3,(H2,39,40,44). The number of fused-ring (bicyclic) bond motifs is 1. The Kier molecular flexibility index (Phi) is 10.3. The van der Waals surface area contributed by atoms with E-state index < -0.39 is 6.03 Å². The van der Waals surface area contributed by atoms with Gasteiger partial charge in [0.25, 0.3) is 5.56 Å². The second-order valence-corrected chi connectivity index (χ2v) is 12.4. The van der Waals surface area contributed by atoms with Crippen molar-refractivity contribution in [3.63, 3.8) is 0 Å². The predicted octanol–water partition coefficient (Wildman–Crippen LogP) is 7.96. The van der Waals surface area contributed by atoms with E-state index in [1.165, 1.54) is 4.57 Å². The zero-order valence-corrected chi connectivity index (χ0v) is 27.4. The maximum atomic E-state index is 13.8. The Morgan fingerprint density at radius 2 is 1.48 bits per heavy atom. The molecule has 0 unspecified atom stereocenters. The van der Waals surface area contributed by atoms with Crippen molar-refractivity contribution >= 4 is 28.4 Å².